The zero-order valence-corrected chi connectivity index (χ0v) is 29.5. The van der Waals surface area contributed by atoms with Crippen molar-refractivity contribution in [2.24, 2.45) is 0 Å². The molecule has 0 saturated heterocycles. The highest BCUT2D eigenvalue weighted by Gasteiger charge is 2.28. The first-order valence-electron chi connectivity index (χ1n) is 15.1. The molecule has 0 unspecified atom stereocenters. The van der Waals surface area contributed by atoms with Gasteiger partial charge in [0.1, 0.15) is 24.7 Å². The van der Waals surface area contributed by atoms with Crippen LogP contribution in [0.25, 0.3) is 0 Å². The second kappa shape index (κ2) is 16.0. The molecule has 0 bridgehead atoms. The zero-order chi connectivity index (χ0) is 34.8. The Morgan fingerprint density at radius 3 is 0.909 bits per heavy atom. The highest BCUT2D eigenvalue weighted by molar-refractivity contribution is 5.74. The summed E-state index contributed by atoms with van der Waals surface area (Å²) in [7, 11) is 0. The van der Waals surface area contributed by atoms with Crippen LogP contribution >= 0.6 is 0 Å². The fraction of sp³-hybridized carbons (Fsp3) is 0.526. The molecule has 246 valence electrons. The van der Waals surface area contributed by atoms with Crippen LogP contribution in [0.4, 0.5) is 0 Å². The summed E-state index contributed by atoms with van der Waals surface area (Å²) in [6, 6.07) is 7.45. The van der Waals surface area contributed by atoms with E-state index in [-0.39, 0.29) is 59.2 Å². The number of phenols is 2. The number of rotatable bonds is 7. The molecule has 2 N–H and O–H groups in total. The number of esters is 2. The van der Waals surface area contributed by atoms with E-state index >= 15 is 0 Å². The lowest BCUT2D eigenvalue weighted by molar-refractivity contribution is -0.151. The van der Waals surface area contributed by atoms with Gasteiger partial charge in [0, 0.05) is 0 Å². The fourth-order valence-corrected chi connectivity index (χ4v) is 4.63. The lowest BCUT2D eigenvalue weighted by Crippen LogP contribution is -2.20. The van der Waals surface area contributed by atoms with Crippen molar-refractivity contribution < 1.29 is 29.3 Å². The van der Waals surface area contributed by atoms with Crippen LogP contribution in [0.1, 0.15) is 116 Å². The Kier molecular flexibility index (Phi) is 14.7. The molecule has 0 fully saturated rings. The molecule has 0 saturated carbocycles. The van der Waals surface area contributed by atoms with Gasteiger partial charge >= 0.3 is 11.9 Å². The highest BCUT2D eigenvalue weighted by atomic mass is 16.6. The molecule has 0 spiro atoms. The minimum atomic E-state index is -0.426. The molecule has 0 heterocycles. The normalized spacial score (nSPS) is 11.8. The van der Waals surface area contributed by atoms with Gasteiger partial charge in [0.2, 0.25) is 0 Å². The van der Waals surface area contributed by atoms with Gasteiger partial charge in [0.05, 0.1) is 12.8 Å². The van der Waals surface area contributed by atoms with Gasteiger partial charge in [-0.3, -0.25) is 9.59 Å². The first kappa shape index (κ1) is 40.5. The molecule has 0 aliphatic carbocycles. The van der Waals surface area contributed by atoms with Gasteiger partial charge in [-0.2, -0.15) is 0 Å². The van der Waals surface area contributed by atoms with Crippen molar-refractivity contribution in [1.82, 2.24) is 0 Å². The molecule has 2 aromatic rings. The Hall–Kier alpha value is -3.54. The molecule has 0 aliphatic heterocycles. The lowest BCUT2D eigenvalue weighted by Gasteiger charge is -2.28. The van der Waals surface area contributed by atoms with E-state index in [9.17, 15) is 19.8 Å². The van der Waals surface area contributed by atoms with Crippen LogP contribution < -0.4 is 0 Å². The summed E-state index contributed by atoms with van der Waals surface area (Å²) in [6.07, 6.45) is 0.109. The summed E-state index contributed by atoms with van der Waals surface area (Å²) < 4.78 is 10.7. The van der Waals surface area contributed by atoms with E-state index in [2.05, 4.69) is 26.3 Å². The Bertz CT molecular complexity index is 1090. The van der Waals surface area contributed by atoms with Crippen LogP contribution in [-0.2, 0) is 53.6 Å². The largest absolute Gasteiger partial charge is 0.507 e. The minimum Gasteiger partial charge on any atom is -0.507 e. The first-order chi connectivity index (χ1) is 20.0. The van der Waals surface area contributed by atoms with E-state index in [1.54, 1.807) is 0 Å². The van der Waals surface area contributed by atoms with Crippen molar-refractivity contribution in [3.05, 3.63) is 84.0 Å². The average molecular weight is 611 g/mol. The number of benzene rings is 2. The number of hydrogen-bond acceptors (Lipinski definition) is 6. The SMILES string of the molecule is C=C.C=C.CC(C)(C)c1cc(CC(=O)OCCOC(=O)Cc2cc(C(C)(C)C)c(O)c(C(C)(C)C)c2)cc(C(C)(C)C)c1O. The third kappa shape index (κ3) is 11.9. The maximum absolute atomic E-state index is 12.6. The quantitative estimate of drug-likeness (QED) is 0.185. The number of ether oxygens (including phenoxy) is 2. The third-order valence-electron chi connectivity index (χ3n) is 6.88. The number of carbonyl (C=O) groups excluding carboxylic acids is 2. The molecule has 0 radical (unpaired) electrons. The second-order valence-corrected chi connectivity index (χ2v) is 14.9. The molecule has 0 atom stereocenters. The highest BCUT2D eigenvalue weighted by Crippen LogP contribution is 2.41. The van der Waals surface area contributed by atoms with Crippen molar-refractivity contribution in [2.75, 3.05) is 13.2 Å². The van der Waals surface area contributed by atoms with Gasteiger partial charge in [0.15, 0.2) is 0 Å². The van der Waals surface area contributed by atoms with E-state index in [1.165, 1.54) is 0 Å². The van der Waals surface area contributed by atoms with Crippen LogP contribution in [0, 0.1) is 0 Å². The van der Waals surface area contributed by atoms with Crippen molar-refractivity contribution in [3.63, 3.8) is 0 Å². The topological polar surface area (TPSA) is 93.1 Å². The molecule has 0 aromatic heterocycles. The molecular weight excluding hydrogens is 552 g/mol. The van der Waals surface area contributed by atoms with Gasteiger partial charge in [-0.05, 0) is 55.0 Å². The summed E-state index contributed by atoms with van der Waals surface area (Å²) in [4.78, 5) is 25.2. The molecule has 6 heteroatoms. The Balaban J connectivity index is 0.00000443. The summed E-state index contributed by atoms with van der Waals surface area (Å²) >= 11 is 0. The molecule has 0 amide bonds. The fourth-order valence-electron chi connectivity index (χ4n) is 4.63. The van der Waals surface area contributed by atoms with Gasteiger partial charge in [-0.25, -0.2) is 0 Å². The van der Waals surface area contributed by atoms with Crippen molar-refractivity contribution in [1.29, 1.82) is 0 Å². The van der Waals surface area contributed by atoms with Crippen LogP contribution in [0.5, 0.6) is 11.5 Å². The molecular formula is C38H58O6. The Morgan fingerprint density at radius 2 is 0.727 bits per heavy atom. The first-order valence-corrected chi connectivity index (χ1v) is 15.1. The second-order valence-electron chi connectivity index (χ2n) is 14.9. The van der Waals surface area contributed by atoms with Crippen LogP contribution in [0.2, 0.25) is 0 Å². The van der Waals surface area contributed by atoms with Gasteiger partial charge in [-0.15, -0.1) is 26.3 Å². The maximum atomic E-state index is 12.6. The molecule has 2 rings (SSSR count). The minimum absolute atomic E-state index is 0.0447. The van der Waals surface area contributed by atoms with E-state index in [0.717, 1.165) is 33.4 Å². The Labute approximate surface area is 267 Å². The van der Waals surface area contributed by atoms with Crippen molar-refractivity contribution >= 4 is 11.9 Å². The number of phenolic OH excluding ortho intramolecular Hbond substituents is 2. The smallest absolute Gasteiger partial charge is 0.310 e. The van der Waals surface area contributed by atoms with Crippen molar-refractivity contribution in [3.8, 4) is 11.5 Å². The van der Waals surface area contributed by atoms with Crippen LogP contribution in [-0.4, -0.2) is 35.4 Å². The van der Waals surface area contributed by atoms with Gasteiger partial charge in [-0.1, -0.05) is 107 Å². The standard InChI is InChI=1S/C34H50O6.2C2H4/c1-31(2,3)23-15-21(16-24(29(23)37)32(4,5)6)19-27(35)39-13-14-40-28(36)20-22-17-25(33(7,8)9)30(38)26(18-22)34(10,11)12;2*1-2/h15-18,37-38H,13-14,19-20H2,1-12H3;2*1-2H2. The summed E-state index contributed by atoms with van der Waals surface area (Å²) in [5.41, 5.74) is 3.51. The monoisotopic (exact) mass is 610 g/mol. The third-order valence-corrected chi connectivity index (χ3v) is 6.88. The van der Waals surface area contributed by atoms with E-state index in [0.29, 0.717) is 0 Å². The predicted molar refractivity (Wildman–Crippen MR) is 183 cm³/mol. The Morgan fingerprint density at radius 1 is 0.523 bits per heavy atom. The van der Waals surface area contributed by atoms with Crippen LogP contribution in [0.15, 0.2) is 50.6 Å². The summed E-state index contributed by atoms with van der Waals surface area (Å²) in [6.45, 7) is 36.2. The summed E-state index contributed by atoms with van der Waals surface area (Å²) in [5, 5.41) is 21.8. The van der Waals surface area contributed by atoms with E-state index < -0.39 is 11.9 Å². The van der Waals surface area contributed by atoms with E-state index in [4.69, 9.17) is 9.47 Å². The number of hydrogen-bond donors (Lipinski definition) is 2. The maximum Gasteiger partial charge on any atom is 0.310 e. The van der Waals surface area contributed by atoms with Crippen molar-refractivity contribution in [2.45, 2.75) is 118 Å². The van der Waals surface area contributed by atoms with Gasteiger partial charge < -0.3 is 19.7 Å². The van der Waals surface area contributed by atoms with Gasteiger partial charge in [0.25, 0.3) is 0 Å². The zero-order valence-electron chi connectivity index (χ0n) is 29.5. The molecule has 44 heavy (non-hydrogen) atoms. The molecule has 6 nitrogen and oxygen atoms in total. The molecule has 2 aromatic carbocycles. The lowest BCUT2D eigenvalue weighted by atomic mass is 9.78. The van der Waals surface area contributed by atoms with Crippen LogP contribution in [0.3, 0.4) is 0 Å². The number of carbonyl (C=O) groups is 2. The predicted octanol–water partition coefficient (Wildman–Crippen LogP) is 8.76. The molecule has 0 aliphatic rings. The van der Waals surface area contributed by atoms with E-state index in [1.807, 2.05) is 107 Å². The number of aromatic hydroxyl groups is 2. The summed E-state index contributed by atoms with van der Waals surface area (Å²) in [5.74, 6) is -0.321. The average Bonchev–Trinajstić information content (AvgIpc) is 2.88.